The predicted molar refractivity (Wildman–Crippen MR) is 68.8 cm³/mol. The second-order valence-electron chi connectivity index (χ2n) is 4.20. The van der Waals surface area contributed by atoms with Crippen molar-refractivity contribution in [2.24, 2.45) is 0 Å². The van der Waals surface area contributed by atoms with Gasteiger partial charge in [-0.15, -0.1) is 10.2 Å². The first-order valence-electron chi connectivity index (χ1n) is 5.69. The largest absolute Gasteiger partial charge is 0.339 e. The highest BCUT2D eigenvalue weighted by Crippen LogP contribution is 2.26. The first-order chi connectivity index (χ1) is 8.31. The summed E-state index contributed by atoms with van der Waals surface area (Å²) in [5.41, 5.74) is 3.97. The molecule has 0 bridgehead atoms. The van der Waals surface area contributed by atoms with Gasteiger partial charge in [0, 0.05) is 5.69 Å². The number of hydrogen-bond donors (Lipinski definition) is 1. The van der Waals surface area contributed by atoms with Gasteiger partial charge in [-0.25, -0.2) is 0 Å². The Labute approximate surface area is 105 Å². The molecule has 0 unspecified atom stereocenters. The fourth-order valence-electron chi connectivity index (χ4n) is 2.18. The average Bonchev–Trinajstić information content (AvgIpc) is 2.79. The van der Waals surface area contributed by atoms with E-state index in [0.29, 0.717) is 11.0 Å². The fourth-order valence-corrected chi connectivity index (χ4v) is 2.28. The number of nitrogens with zero attached hydrogens (tertiary/aromatic N) is 2. The number of nitrogens with one attached hydrogen (secondary N) is 1. The van der Waals surface area contributed by atoms with Gasteiger partial charge in [-0.05, 0) is 54.7 Å². The zero-order chi connectivity index (χ0) is 11.7. The third kappa shape index (κ3) is 2.24. The van der Waals surface area contributed by atoms with Crippen molar-refractivity contribution in [3.05, 3.63) is 46.6 Å². The molecule has 4 heteroatoms. The van der Waals surface area contributed by atoms with E-state index in [2.05, 4.69) is 33.7 Å². The Morgan fingerprint density at radius 1 is 1.00 bits per heavy atom. The van der Waals surface area contributed by atoms with Gasteiger partial charge in [0.15, 0.2) is 11.0 Å². The average molecular weight is 246 g/mol. The second-order valence-corrected chi connectivity index (χ2v) is 4.59. The number of fused-ring (bicyclic) bond motifs is 1. The van der Waals surface area contributed by atoms with Gasteiger partial charge in [-0.3, -0.25) is 0 Å². The minimum atomic E-state index is 0.407. The van der Waals surface area contributed by atoms with E-state index in [-0.39, 0.29) is 0 Å². The lowest BCUT2D eigenvalue weighted by molar-refractivity contribution is 0.912. The molecule has 2 aromatic rings. The van der Waals surface area contributed by atoms with Crippen LogP contribution in [0.15, 0.2) is 30.3 Å². The maximum absolute atomic E-state index is 5.69. The van der Waals surface area contributed by atoms with E-state index >= 15 is 0 Å². The van der Waals surface area contributed by atoms with Crippen molar-refractivity contribution in [1.29, 1.82) is 0 Å². The molecule has 1 aromatic carbocycles. The maximum Gasteiger partial charge on any atom is 0.153 e. The monoisotopic (exact) mass is 245 g/mol. The first-order valence-corrected chi connectivity index (χ1v) is 6.07. The SMILES string of the molecule is Clc1ccc(Nc2ccc3c(c2)CCC3)nn1. The Balaban J connectivity index is 1.83. The molecule has 1 aliphatic rings. The molecule has 0 spiro atoms. The van der Waals surface area contributed by atoms with E-state index < -0.39 is 0 Å². The second kappa shape index (κ2) is 4.34. The Kier molecular flexibility index (Phi) is 2.69. The minimum absolute atomic E-state index is 0.407. The summed E-state index contributed by atoms with van der Waals surface area (Å²) in [6, 6.07) is 10.0. The third-order valence-corrected chi connectivity index (χ3v) is 3.20. The van der Waals surface area contributed by atoms with Crippen molar-refractivity contribution in [2.75, 3.05) is 5.32 Å². The molecule has 0 atom stereocenters. The molecule has 1 heterocycles. The van der Waals surface area contributed by atoms with Gasteiger partial charge in [-0.2, -0.15) is 0 Å². The zero-order valence-corrected chi connectivity index (χ0v) is 10.0. The molecule has 0 amide bonds. The molecule has 3 rings (SSSR count). The molecule has 0 radical (unpaired) electrons. The molecule has 3 nitrogen and oxygen atoms in total. The summed E-state index contributed by atoms with van der Waals surface area (Å²) in [6.07, 6.45) is 3.65. The molecule has 17 heavy (non-hydrogen) atoms. The highest BCUT2D eigenvalue weighted by atomic mass is 35.5. The fraction of sp³-hybridized carbons (Fsp3) is 0.231. The zero-order valence-electron chi connectivity index (χ0n) is 9.28. The van der Waals surface area contributed by atoms with Gasteiger partial charge < -0.3 is 5.32 Å². The van der Waals surface area contributed by atoms with Gasteiger partial charge in [0.2, 0.25) is 0 Å². The summed E-state index contributed by atoms with van der Waals surface area (Å²) in [6.45, 7) is 0. The van der Waals surface area contributed by atoms with Crippen LogP contribution in [0.4, 0.5) is 11.5 Å². The third-order valence-electron chi connectivity index (χ3n) is 3.00. The highest BCUT2D eigenvalue weighted by Gasteiger charge is 2.10. The standard InChI is InChI=1S/C13H12ClN3/c14-12-6-7-13(17-16-12)15-11-5-4-9-2-1-3-10(9)8-11/h4-8H,1-3H2,(H,15,17). The van der Waals surface area contributed by atoms with Crippen LogP contribution in [0.25, 0.3) is 0 Å². The van der Waals surface area contributed by atoms with Crippen molar-refractivity contribution in [3.8, 4) is 0 Å². The van der Waals surface area contributed by atoms with E-state index in [1.807, 2.05) is 6.07 Å². The summed E-state index contributed by atoms with van der Waals surface area (Å²) >= 11 is 5.69. The summed E-state index contributed by atoms with van der Waals surface area (Å²) in [5.74, 6) is 0.715. The number of rotatable bonds is 2. The van der Waals surface area contributed by atoms with Crippen LogP contribution in [0.3, 0.4) is 0 Å². The number of aromatic nitrogens is 2. The highest BCUT2D eigenvalue weighted by molar-refractivity contribution is 6.29. The van der Waals surface area contributed by atoms with Crippen LogP contribution in [0.1, 0.15) is 17.5 Å². The molecule has 1 N–H and O–H groups in total. The number of hydrogen-bond acceptors (Lipinski definition) is 3. The Morgan fingerprint density at radius 2 is 1.88 bits per heavy atom. The van der Waals surface area contributed by atoms with Crippen LogP contribution in [0.2, 0.25) is 5.15 Å². The van der Waals surface area contributed by atoms with Crippen LogP contribution in [-0.4, -0.2) is 10.2 Å². The molecule has 0 saturated carbocycles. The number of halogens is 1. The molecule has 0 saturated heterocycles. The normalized spacial score (nSPS) is 13.5. The van der Waals surface area contributed by atoms with Crippen molar-refractivity contribution in [1.82, 2.24) is 10.2 Å². The topological polar surface area (TPSA) is 37.8 Å². The summed E-state index contributed by atoms with van der Waals surface area (Å²) < 4.78 is 0. The lowest BCUT2D eigenvalue weighted by Gasteiger charge is -2.07. The van der Waals surface area contributed by atoms with Crippen LogP contribution < -0.4 is 5.32 Å². The lowest BCUT2D eigenvalue weighted by atomic mass is 10.1. The predicted octanol–water partition coefficient (Wildman–Crippen LogP) is 3.36. The van der Waals surface area contributed by atoms with Crippen LogP contribution in [0, 0.1) is 0 Å². The van der Waals surface area contributed by atoms with E-state index in [4.69, 9.17) is 11.6 Å². The lowest BCUT2D eigenvalue weighted by Crippen LogP contribution is -1.96. The molecule has 1 aliphatic carbocycles. The van der Waals surface area contributed by atoms with E-state index in [9.17, 15) is 0 Å². The van der Waals surface area contributed by atoms with Crippen molar-refractivity contribution in [3.63, 3.8) is 0 Å². The van der Waals surface area contributed by atoms with E-state index in [1.54, 1.807) is 6.07 Å². The number of aryl methyl sites for hydroxylation is 2. The molecule has 0 aliphatic heterocycles. The van der Waals surface area contributed by atoms with Gasteiger partial charge in [0.1, 0.15) is 0 Å². The Morgan fingerprint density at radius 3 is 2.71 bits per heavy atom. The van der Waals surface area contributed by atoms with Gasteiger partial charge in [0.05, 0.1) is 0 Å². The summed E-state index contributed by atoms with van der Waals surface area (Å²) in [7, 11) is 0. The molecular weight excluding hydrogens is 234 g/mol. The minimum Gasteiger partial charge on any atom is -0.339 e. The van der Waals surface area contributed by atoms with Crippen molar-refractivity contribution >= 4 is 23.1 Å². The molecule has 86 valence electrons. The first kappa shape index (κ1) is 10.5. The van der Waals surface area contributed by atoms with E-state index in [1.165, 1.54) is 30.4 Å². The Hall–Kier alpha value is -1.61. The molecule has 0 fully saturated rings. The molecule has 1 aromatic heterocycles. The van der Waals surface area contributed by atoms with Crippen LogP contribution in [0.5, 0.6) is 0 Å². The van der Waals surface area contributed by atoms with E-state index in [0.717, 1.165) is 5.69 Å². The van der Waals surface area contributed by atoms with Crippen molar-refractivity contribution in [2.45, 2.75) is 19.3 Å². The summed E-state index contributed by atoms with van der Waals surface area (Å²) in [5, 5.41) is 11.4. The quantitative estimate of drug-likeness (QED) is 0.882. The smallest absolute Gasteiger partial charge is 0.153 e. The van der Waals surface area contributed by atoms with Crippen LogP contribution >= 0.6 is 11.6 Å². The van der Waals surface area contributed by atoms with Gasteiger partial charge >= 0.3 is 0 Å². The molecular formula is C13H12ClN3. The van der Waals surface area contributed by atoms with Gasteiger partial charge in [0.25, 0.3) is 0 Å². The van der Waals surface area contributed by atoms with Crippen LogP contribution in [-0.2, 0) is 12.8 Å². The Bertz CT molecular complexity index is 537. The number of benzene rings is 1. The summed E-state index contributed by atoms with van der Waals surface area (Å²) in [4.78, 5) is 0. The van der Waals surface area contributed by atoms with Gasteiger partial charge in [-0.1, -0.05) is 17.7 Å². The number of anilines is 2. The maximum atomic E-state index is 5.69. The van der Waals surface area contributed by atoms with Crippen molar-refractivity contribution < 1.29 is 0 Å².